The third kappa shape index (κ3) is 2.55. The van der Waals surface area contributed by atoms with E-state index in [-0.39, 0.29) is 41.8 Å². The summed E-state index contributed by atoms with van der Waals surface area (Å²) in [6.45, 7) is 2.44. The third-order valence-electron chi connectivity index (χ3n) is 5.25. The fourth-order valence-corrected chi connectivity index (χ4v) is 4.31. The Bertz CT molecular complexity index is 368. The van der Waals surface area contributed by atoms with Crippen LogP contribution in [0.15, 0.2) is 0 Å². The molecule has 3 fully saturated rings. The van der Waals surface area contributed by atoms with Gasteiger partial charge in [0.15, 0.2) is 0 Å². The molecule has 19 heavy (non-hydrogen) atoms. The normalized spacial score (nSPS) is 38.9. The van der Waals surface area contributed by atoms with Crippen LogP contribution in [0.4, 0.5) is 0 Å². The number of carbonyl (C=O) groups excluding carboxylic acids is 2. The van der Waals surface area contributed by atoms with Gasteiger partial charge in [0, 0.05) is 19.3 Å². The molecule has 3 saturated heterocycles. The monoisotopic (exact) mass is 378 g/mol. The summed E-state index contributed by atoms with van der Waals surface area (Å²) in [6, 6.07) is 0.685. The number of piperidine rings is 2. The van der Waals surface area contributed by atoms with Crippen LogP contribution in [-0.4, -0.2) is 53.4 Å². The molecular formula is C14H23IN2O2. The smallest absolute Gasteiger partial charge is 0.230 e. The predicted octanol–water partition coefficient (Wildman–Crippen LogP) is -1.70. The summed E-state index contributed by atoms with van der Waals surface area (Å²) in [6.07, 6.45) is 6.77. The summed E-state index contributed by atoms with van der Waals surface area (Å²) in [7, 11) is 2.32. The zero-order valence-electron chi connectivity index (χ0n) is 11.6. The minimum absolute atomic E-state index is 0. The standard InChI is InChI=1S/C14H23N2O2.HI/c1-16-9-3-2-6-12(16)11(5-4-10-16)15-13(17)7-8-14(15)18;/h11-12H,2-10H2,1H3;1H/q+1;/p-1. The molecule has 3 atom stereocenters. The number of likely N-dealkylation sites (tertiary alicyclic amines) is 1. The summed E-state index contributed by atoms with van der Waals surface area (Å²) < 4.78 is 1.09. The van der Waals surface area contributed by atoms with Gasteiger partial charge in [0.1, 0.15) is 6.04 Å². The number of amides is 2. The van der Waals surface area contributed by atoms with Gasteiger partial charge in [-0.05, 0) is 25.7 Å². The van der Waals surface area contributed by atoms with Crippen molar-refractivity contribution in [3.63, 3.8) is 0 Å². The molecule has 3 aliphatic heterocycles. The molecule has 0 bridgehead atoms. The second kappa shape index (κ2) is 5.68. The average Bonchev–Trinajstić information content (AvgIpc) is 2.67. The van der Waals surface area contributed by atoms with Crippen LogP contribution < -0.4 is 24.0 Å². The van der Waals surface area contributed by atoms with E-state index >= 15 is 0 Å². The lowest BCUT2D eigenvalue weighted by atomic mass is 9.85. The molecule has 0 aromatic rings. The molecular weight excluding hydrogens is 355 g/mol. The number of hydrogen-bond donors (Lipinski definition) is 0. The Morgan fingerprint density at radius 3 is 2.32 bits per heavy atom. The summed E-state index contributed by atoms with van der Waals surface area (Å²) in [5.74, 6) is 0.146. The van der Waals surface area contributed by atoms with Gasteiger partial charge >= 0.3 is 0 Å². The molecule has 3 aliphatic rings. The molecule has 2 amide bonds. The molecule has 0 aromatic carbocycles. The number of likely N-dealkylation sites (N-methyl/N-ethyl adjacent to an activating group) is 1. The van der Waals surface area contributed by atoms with Crippen LogP contribution in [0.5, 0.6) is 0 Å². The van der Waals surface area contributed by atoms with Crippen molar-refractivity contribution in [3.05, 3.63) is 0 Å². The van der Waals surface area contributed by atoms with Gasteiger partial charge in [0.2, 0.25) is 11.8 Å². The van der Waals surface area contributed by atoms with Gasteiger partial charge in [0.25, 0.3) is 0 Å². The first-order chi connectivity index (χ1) is 8.62. The Kier molecular flexibility index (Phi) is 4.55. The Balaban J connectivity index is 0.00000133. The van der Waals surface area contributed by atoms with Crippen molar-refractivity contribution in [2.24, 2.45) is 0 Å². The molecule has 4 nitrogen and oxygen atoms in total. The van der Waals surface area contributed by atoms with Gasteiger partial charge in [-0.15, -0.1) is 0 Å². The van der Waals surface area contributed by atoms with Gasteiger partial charge in [0.05, 0.1) is 26.2 Å². The van der Waals surface area contributed by atoms with Crippen molar-refractivity contribution in [1.29, 1.82) is 0 Å². The van der Waals surface area contributed by atoms with E-state index in [1.807, 2.05) is 0 Å². The highest BCUT2D eigenvalue weighted by atomic mass is 127. The molecule has 108 valence electrons. The summed E-state index contributed by atoms with van der Waals surface area (Å²) >= 11 is 0. The minimum atomic E-state index is 0. The number of halogens is 1. The van der Waals surface area contributed by atoms with E-state index in [0.717, 1.165) is 17.3 Å². The summed E-state index contributed by atoms with van der Waals surface area (Å²) in [5.41, 5.74) is 0. The first-order valence-electron chi connectivity index (χ1n) is 7.31. The number of rotatable bonds is 1. The van der Waals surface area contributed by atoms with Gasteiger partial charge in [-0.1, -0.05) is 0 Å². The summed E-state index contributed by atoms with van der Waals surface area (Å²) in [4.78, 5) is 25.6. The van der Waals surface area contributed by atoms with Crippen LogP contribution in [0.3, 0.4) is 0 Å². The van der Waals surface area contributed by atoms with Crippen molar-refractivity contribution in [3.8, 4) is 0 Å². The number of carbonyl (C=O) groups is 2. The molecule has 5 heteroatoms. The molecule has 0 spiro atoms. The Hall–Kier alpha value is -0.170. The topological polar surface area (TPSA) is 37.4 Å². The number of quaternary nitrogens is 1. The minimum Gasteiger partial charge on any atom is -1.00 e. The van der Waals surface area contributed by atoms with Crippen molar-refractivity contribution in [2.75, 3.05) is 20.1 Å². The largest absolute Gasteiger partial charge is 1.00 e. The Morgan fingerprint density at radius 1 is 1.00 bits per heavy atom. The van der Waals surface area contributed by atoms with Crippen molar-refractivity contribution in [2.45, 2.75) is 57.0 Å². The number of nitrogens with zero attached hydrogens (tertiary/aromatic N) is 2. The maximum Gasteiger partial charge on any atom is 0.230 e. The van der Waals surface area contributed by atoms with Gasteiger partial charge < -0.3 is 28.5 Å². The first kappa shape index (κ1) is 15.2. The maximum absolute atomic E-state index is 12.0. The lowest BCUT2D eigenvalue weighted by Crippen LogP contribution is -3.00. The van der Waals surface area contributed by atoms with E-state index < -0.39 is 0 Å². The van der Waals surface area contributed by atoms with Crippen molar-refractivity contribution < 1.29 is 38.0 Å². The van der Waals surface area contributed by atoms with Crippen LogP contribution in [0, 0.1) is 0 Å². The number of hydrogen-bond acceptors (Lipinski definition) is 2. The lowest BCUT2D eigenvalue weighted by molar-refractivity contribution is -0.944. The van der Waals surface area contributed by atoms with E-state index in [1.54, 1.807) is 4.90 Å². The SMILES string of the molecule is C[N+]12CCCCC1C(N1C(=O)CCC1=O)CCC2.[I-]. The van der Waals surface area contributed by atoms with Crippen LogP contribution in [0.1, 0.15) is 44.9 Å². The quantitative estimate of drug-likeness (QED) is 0.310. The number of fused-ring (bicyclic) bond motifs is 1. The molecule has 0 N–H and O–H groups in total. The molecule has 3 heterocycles. The van der Waals surface area contributed by atoms with Gasteiger partial charge in [-0.25, -0.2) is 0 Å². The predicted molar refractivity (Wildman–Crippen MR) is 67.7 cm³/mol. The zero-order valence-corrected chi connectivity index (χ0v) is 13.8. The summed E-state index contributed by atoms with van der Waals surface area (Å²) in [5, 5.41) is 0. The van der Waals surface area contributed by atoms with E-state index in [1.165, 1.54) is 32.4 Å². The Morgan fingerprint density at radius 2 is 1.63 bits per heavy atom. The highest BCUT2D eigenvalue weighted by Crippen LogP contribution is 2.36. The van der Waals surface area contributed by atoms with E-state index in [2.05, 4.69) is 7.05 Å². The molecule has 3 unspecified atom stereocenters. The van der Waals surface area contributed by atoms with Crippen LogP contribution in [0.2, 0.25) is 0 Å². The fourth-order valence-electron chi connectivity index (χ4n) is 4.31. The molecule has 0 saturated carbocycles. The fraction of sp³-hybridized carbons (Fsp3) is 0.857. The van der Waals surface area contributed by atoms with Crippen LogP contribution in [0.25, 0.3) is 0 Å². The average molecular weight is 378 g/mol. The maximum atomic E-state index is 12.0. The Labute approximate surface area is 132 Å². The van der Waals surface area contributed by atoms with E-state index in [0.29, 0.717) is 18.9 Å². The molecule has 0 radical (unpaired) electrons. The second-order valence-corrected chi connectivity index (χ2v) is 6.36. The number of imide groups is 1. The molecule has 0 aromatic heterocycles. The lowest BCUT2D eigenvalue weighted by Gasteiger charge is -2.52. The molecule has 0 aliphatic carbocycles. The van der Waals surface area contributed by atoms with Crippen molar-refractivity contribution >= 4 is 11.8 Å². The first-order valence-corrected chi connectivity index (χ1v) is 7.31. The highest BCUT2D eigenvalue weighted by Gasteiger charge is 2.49. The van der Waals surface area contributed by atoms with E-state index in [9.17, 15) is 9.59 Å². The van der Waals surface area contributed by atoms with Crippen LogP contribution in [-0.2, 0) is 9.59 Å². The van der Waals surface area contributed by atoms with Gasteiger partial charge in [-0.3, -0.25) is 14.5 Å². The van der Waals surface area contributed by atoms with Crippen LogP contribution >= 0.6 is 0 Å². The molecule has 3 rings (SSSR count). The zero-order chi connectivity index (χ0) is 12.8. The highest BCUT2D eigenvalue weighted by molar-refractivity contribution is 6.02. The third-order valence-corrected chi connectivity index (χ3v) is 5.25. The van der Waals surface area contributed by atoms with Gasteiger partial charge in [-0.2, -0.15) is 0 Å². The van der Waals surface area contributed by atoms with Crippen molar-refractivity contribution in [1.82, 2.24) is 4.90 Å². The second-order valence-electron chi connectivity index (χ2n) is 6.36. The van der Waals surface area contributed by atoms with E-state index in [4.69, 9.17) is 0 Å².